The minimum Gasteiger partial charge on any atom is -0.493 e. The van der Waals surface area contributed by atoms with Crippen molar-refractivity contribution in [2.45, 2.75) is 27.2 Å². The SMILES string of the molecule is CCOc1ccccc1Oc1nc(Nc2cc(OC)c(OC)c(OCCCN3CCN(C)CC3)c2)ncc1C(=O)Nc1c(C)cccc1C. The molecule has 0 unspecified atom stereocenters. The van der Waals surface area contributed by atoms with Gasteiger partial charge in [-0.25, -0.2) is 4.98 Å². The van der Waals surface area contributed by atoms with Gasteiger partial charge in [-0.05, 0) is 57.5 Å². The van der Waals surface area contributed by atoms with Crippen molar-refractivity contribution in [3.8, 4) is 34.6 Å². The summed E-state index contributed by atoms with van der Waals surface area (Å²) in [5.41, 5.74) is 3.33. The van der Waals surface area contributed by atoms with E-state index in [1.165, 1.54) is 6.20 Å². The van der Waals surface area contributed by atoms with E-state index >= 15 is 0 Å². The third-order valence-electron chi connectivity index (χ3n) is 8.25. The van der Waals surface area contributed by atoms with E-state index < -0.39 is 5.91 Å². The van der Waals surface area contributed by atoms with Gasteiger partial charge >= 0.3 is 0 Å². The Balaban J connectivity index is 1.40. The molecule has 49 heavy (non-hydrogen) atoms. The van der Waals surface area contributed by atoms with Crippen LogP contribution in [-0.2, 0) is 0 Å². The molecule has 1 aliphatic rings. The van der Waals surface area contributed by atoms with E-state index in [0.29, 0.717) is 47.6 Å². The van der Waals surface area contributed by atoms with E-state index in [2.05, 4.69) is 37.4 Å². The Kier molecular flexibility index (Phi) is 12.1. The number of ether oxygens (including phenoxy) is 5. The zero-order valence-corrected chi connectivity index (χ0v) is 29.2. The predicted octanol–water partition coefficient (Wildman–Crippen LogP) is 6.31. The van der Waals surface area contributed by atoms with Crippen molar-refractivity contribution in [3.05, 3.63) is 77.5 Å². The van der Waals surface area contributed by atoms with E-state index in [1.807, 2.05) is 57.2 Å². The van der Waals surface area contributed by atoms with Crippen LogP contribution >= 0.6 is 0 Å². The zero-order chi connectivity index (χ0) is 34.8. The first kappa shape index (κ1) is 35.2. The van der Waals surface area contributed by atoms with Crippen molar-refractivity contribution in [2.75, 3.05) is 77.8 Å². The van der Waals surface area contributed by atoms with Crippen LogP contribution in [0.25, 0.3) is 0 Å². The zero-order valence-electron chi connectivity index (χ0n) is 29.2. The number of hydrogen-bond donors (Lipinski definition) is 2. The van der Waals surface area contributed by atoms with Gasteiger partial charge < -0.3 is 44.1 Å². The number of rotatable bonds is 15. The molecule has 5 rings (SSSR count). The van der Waals surface area contributed by atoms with Crippen LogP contribution in [-0.4, -0.2) is 92.9 Å². The van der Waals surface area contributed by atoms with E-state index in [0.717, 1.165) is 56.0 Å². The molecule has 1 aliphatic heterocycles. The molecule has 12 nitrogen and oxygen atoms in total. The second-order valence-corrected chi connectivity index (χ2v) is 11.8. The molecule has 1 fully saturated rings. The van der Waals surface area contributed by atoms with Crippen molar-refractivity contribution in [2.24, 2.45) is 0 Å². The van der Waals surface area contributed by atoms with Crippen molar-refractivity contribution in [3.63, 3.8) is 0 Å². The van der Waals surface area contributed by atoms with Crippen molar-refractivity contribution in [1.29, 1.82) is 0 Å². The maximum absolute atomic E-state index is 13.7. The number of nitrogens with zero attached hydrogens (tertiary/aromatic N) is 4. The van der Waals surface area contributed by atoms with Gasteiger partial charge in [0.15, 0.2) is 23.0 Å². The number of hydrogen-bond acceptors (Lipinski definition) is 11. The second kappa shape index (κ2) is 16.8. The number of para-hydroxylation sites is 3. The number of amides is 1. The van der Waals surface area contributed by atoms with Crippen LogP contribution < -0.4 is 34.3 Å². The van der Waals surface area contributed by atoms with Gasteiger partial charge in [-0.2, -0.15) is 4.98 Å². The molecule has 2 heterocycles. The van der Waals surface area contributed by atoms with E-state index in [4.69, 9.17) is 23.7 Å². The standard InChI is InChI=1S/C37H46N6O6/c1-7-47-29-14-8-9-15-30(29)49-36-28(35(44)40-33-25(2)12-10-13-26(33)3)24-38-37(41-36)39-27-22-31(45-5)34(46-6)32(23-27)48-21-11-16-43-19-17-42(4)18-20-43/h8-10,12-15,22-24H,7,11,16-21H2,1-6H3,(H,40,44)(H,38,39,41). The van der Waals surface area contributed by atoms with Crippen LogP contribution in [0.15, 0.2) is 60.8 Å². The quantitative estimate of drug-likeness (QED) is 0.138. The summed E-state index contributed by atoms with van der Waals surface area (Å²) >= 11 is 0. The third kappa shape index (κ3) is 9.09. The van der Waals surface area contributed by atoms with Gasteiger partial charge in [-0.3, -0.25) is 4.79 Å². The highest BCUT2D eigenvalue weighted by Crippen LogP contribution is 2.41. The van der Waals surface area contributed by atoms with Gasteiger partial charge in [0.25, 0.3) is 5.91 Å². The lowest BCUT2D eigenvalue weighted by molar-refractivity contribution is 0.102. The van der Waals surface area contributed by atoms with Crippen LogP contribution in [0.1, 0.15) is 34.8 Å². The van der Waals surface area contributed by atoms with Crippen LogP contribution in [0.2, 0.25) is 0 Å². The predicted molar refractivity (Wildman–Crippen MR) is 190 cm³/mol. The maximum atomic E-state index is 13.7. The molecule has 0 saturated carbocycles. The molecule has 12 heteroatoms. The summed E-state index contributed by atoms with van der Waals surface area (Å²) in [4.78, 5) is 27.6. The minimum absolute atomic E-state index is 0.0502. The average molecular weight is 671 g/mol. The Labute approximate surface area is 288 Å². The number of anilines is 3. The number of aryl methyl sites for hydroxylation is 2. The van der Waals surface area contributed by atoms with E-state index in [-0.39, 0.29) is 17.4 Å². The largest absolute Gasteiger partial charge is 0.493 e. The highest BCUT2D eigenvalue weighted by Gasteiger charge is 2.21. The maximum Gasteiger partial charge on any atom is 0.262 e. The fourth-order valence-corrected chi connectivity index (χ4v) is 5.55. The molecular formula is C37H46N6O6. The van der Waals surface area contributed by atoms with Crippen molar-refractivity contribution in [1.82, 2.24) is 19.8 Å². The van der Waals surface area contributed by atoms with Crippen LogP contribution in [0.4, 0.5) is 17.3 Å². The Hall–Kier alpha value is -5.07. The van der Waals surface area contributed by atoms with Crippen molar-refractivity contribution < 1.29 is 28.5 Å². The normalized spacial score (nSPS) is 13.4. The Morgan fingerprint density at radius 3 is 2.29 bits per heavy atom. The van der Waals surface area contributed by atoms with Gasteiger partial charge in [-0.15, -0.1) is 0 Å². The third-order valence-corrected chi connectivity index (χ3v) is 8.25. The number of benzene rings is 3. The molecule has 0 radical (unpaired) electrons. The van der Waals surface area contributed by atoms with Crippen LogP contribution in [0.5, 0.6) is 34.6 Å². The molecule has 1 aromatic heterocycles. The highest BCUT2D eigenvalue weighted by atomic mass is 16.5. The molecule has 1 amide bonds. The van der Waals surface area contributed by atoms with Crippen LogP contribution in [0, 0.1) is 13.8 Å². The monoisotopic (exact) mass is 670 g/mol. The Morgan fingerprint density at radius 2 is 1.59 bits per heavy atom. The van der Waals surface area contributed by atoms with E-state index in [9.17, 15) is 4.79 Å². The first-order chi connectivity index (χ1) is 23.8. The lowest BCUT2D eigenvalue weighted by atomic mass is 10.1. The molecule has 4 aromatic rings. The summed E-state index contributed by atoms with van der Waals surface area (Å²) in [6, 6.07) is 16.6. The van der Waals surface area contributed by atoms with Gasteiger partial charge in [-0.1, -0.05) is 30.3 Å². The summed E-state index contributed by atoms with van der Waals surface area (Å²) in [7, 11) is 5.30. The van der Waals surface area contributed by atoms with Gasteiger partial charge in [0.05, 0.1) is 27.4 Å². The number of methoxy groups -OCH3 is 2. The molecule has 260 valence electrons. The summed E-state index contributed by atoms with van der Waals surface area (Å²) in [6.07, 6.45) is 2.30. The molecule has 0 spiro atoms. The fourth-order valence-electron chi connectivity index (χ4n) is 5.55. The molecule has 0 atom stereocenters. The lowest BCUT2D eigenvalue weighted by Gasteiger charge is -2.32. The highest BCUT2D eigenvalue weighted by molar-refractivity contribution is 6.06. The summed E-state index contributed by atoms with van der Waals surface area (Å²) in [5.74, 6) is 2.26. The number of likely N-dealkylation sites (N-methyl/N-ethyl adjacent to an activating group) is 1. The summed E-state index contributed by atoms with van der Waals surface area (Å²) < 4.78 is 29.5. The molecule has 2 N–H and O–H groups in total. The number of carbonyl (C=O) groups is 1. The molecule has 0 bridgehead atoms. The lowest BCUT2D eigenvalue weighted by Crippen LogP contribution is -2.44. The summed E-state index contributed by atoms with van der Waals surface area (Å²) in [6.45, 7) is 11.9. The second-order valence-electron chi connectivity index (χ2n) is 11.8. The average Bonchev–Trinajstić information content (AvgIpc) is 3.10. The number of piperazine rings is 1. The van der Waals surface area contributed by atoms with Gasteiger partial charge in [0.1, 0.15) is 5.56 Å². The Bertz CT molecular complexity index is 1710. The number of carbonyl (C=O) groups excluding carboxylic acids is 1. The topological polar surface area (TPSA) is 120 Å². The summed E-state index contributed by atoms with van der Waals surface area (Å²) in [5, 5.41) is 6.23. The first-order valence-corrected chi connectivity index (χ1v) is 16.5. The molecule has 3 aromatic carbocycles. The molecular weight excluding hydrogens is 624 g/mol. The van der Waals surface area contributed by atoms with Gasteiger partial charge in [0, 0.05) is 62.4 Å². The van der Waals surface area contributed by atoms with Crippen molar-refractivity contribution >= 4 is 23.2 Å². The first-order valence-electron chi connectivity index (χ1n) is 16.5. The van der Waals surface area contributed by atoms with E-state index in [1.54, 1.807) is 32.4 Å². The molecule has 0 aliphatic carbocycles. The number of aromatic nitrogens is 2. The smallest absolute Gasteiger partial charge is 0.262 e. The number of nitrogens with one attached hydrogen (secondary N) is 2. The van der Waals surface area contributed by atoms with Crippen LogP contribution in [0.3, 0.4) is 0 Å². The van der Waals surface area contributed by atoms with Gasteiger partial charge in [0.2, 0.25) is 17.6 Å². The Morgan fingerprint density at radius 1 is 0.878 bits per heavy atom. The fraction of sp³-hybridized carbons (Fsp3) is 0.378. The molecule has 1 saturated heterocycles. The minimum atomic E-state index is -0.411.